The van der Waals surface area contributed by atoms with Crippen molar-refractivity contribution in [2.45, 2.75) is 125 Å². The average Bonchev–Trinajstić information content (AvgIpc) is 3.61. The molecule has 9 rings (SSSR count). The molecule has 4 aromatic heterocycles. The first-order chi connectivity index (χ1) is 37.2. The molecule has 0 radical (unpaired) electrons. The van der Waals surface area contributed by atoms with Gasteiger partial charge in [-0.15, -0.1) is 0 Å². The fourth-order valence-electron chi connectivity index (χ4n) is 11.1. The van der Waals surface area contributed by atoms with Crippen LogP contribution in [0.15, 0.2) is 89.2 Å². The Morgan fingerprint density at radius 3 is 1.79 bits per heavy atom. The van der Waals surface area contributed by atoms with Gasteiger partial charge in [0.1, 0.15) is 53.9 Å². The molecule has 4 aliphatic rings. The van der Waals surface area contributed by atoms with Crippen LogP contribution in [0, 0.1) is 45.8 Å². The molecule has 2 saturated carbocycles. The lowest BCUT2D eigenvalue weighted by Crippen LogP contribution is -2.76. The van der Waals surface area contributed by atoms with E-state index in [0.29, 0.717) is 75.3 Å². The van der Waals surface area contributed by atoms with Crippen LogP contribution in [0.25, 0.3) is 0 Å². The normalized spacial score (nSPS) is 22.4. The largest absolute Gasteiger partial charge is 0.488 e. The summed E-state index contributed by atoms with van der Waals surface area (Å²) in [6.07, 6.45) is 12.1. The Kier molecular flexibility index (Phi) is 19.6. The molecule has 416 valence electrons. The van der Waals surface area contributed by atoms with E-state index >= 15 is 0 Å². The van der Waals surface area contributed by atoms with Crippen LogP contribution in [-0.2, 0) is 40.5 Å². The molecule has 2 amide bonds. The summed E-state index contributed by atoms with van der Waals surface area (Å²) in [5, 5.41) is 33.1. The molecule has 2 saturated heterocycles. The van der Waals surface area contributed by atoms with Crippen molar-refractivity contribution in [3.8, 4) is 17.6 Å². The van der Waals surface area contributed by atoms with Crippen LogP contribution in [0.5, 0.6) is 11.5 Å². The van der Waals surface area contributed by atoms with Crippen LogP contribution in [0.4, 0.5) is 11.4 Å². The van der Waals surface area contributed by atoms with Gasteiger partial charge in [0.25, 0.3) is 11.1 Å². The van der Waals surface area contributed by atoms with Crippen LogP contribution in [0.2, 0.25) is 10.0 Å². The predicted octanol–water partition coefficient (Wildman–Crippen LogP) is 7.05. The van der Waals surface area contributed by atoms with E-state index in [1.165, 1.54) is 24.8 Å². The van der Waals surface area contributed by atoms with Gasteiger partial charge in [0.05, 0.1) is 41.7 Å². The minimum atomic E-state index is -0.534. The lowest BCUT2D eigenvalue weighted by molar-refractivity contribution is -0.122. The zero-order valence-electron chi connectivity index (χ0n) is 45.3. The maximum Gasteiger partial charge on any atom is 0.338 e. The number of benzene rings is 1. The summed E-state index contributed by atoms with van der Waals surface area (Å²) in [6, 6.07) is 15.1. The van der Waals surface area contributed by atoms with Crippen molar-refractivity contribution in [3.05, 3.63) is 127 Å². The molecule has 2 bridgehead atoms. The van der Waals surface area contributed by atoms with Crippen LogP contribution in [0.1, 0.15) is 96.1 Å². The van der Waals surface area contributed by atoms with Gasteiger partial charge in [-0.3, -0.25) is 29.1 Å². The Morgan fingerprint density at radius 1 is 0.744 bits per heavy atom. The first kappa shape index (κ1) is 58.6. The molecule has 1 aromatic carbocycles. The lowest BCUT2D eigenvalue weighted by Gasteiger charge is -2.62. The third kappa shape index (κ3) is 13.8. The number of ether oxygens (including phenoxy) is 3. The van der Waals surface area contributed by atoms with Crippen molar-refractivity contribution in [2.24, 2.45) is 34.5 Å². The molecule has 0 spiro atoms. The number of anilines is 2. The molecular formula is C56H70Cl2N12O8. The second kappa shape index (κ2) is 26.0. The number of amides is 2. The maximum absolute atomic E-state index is 13.0. The number of nitriles is 1. The highest BCUT2D eigenvalue weighted by atomic mass is 35.5. The second-order valence-corrected chi connectivity index (χ2v) is 22.2. The van der Waals surface area contributed by atoms with E-state index in [1.54, 1.807) is 48.8 Å². The van der Waals surface area contributed by atoms with Gasteiger partial charge >= 0.3 is 5.97 Å². The number of rotatable bonds is 20. The molecule has 4 fully saturated rings. The summed E-state index contributed by atoms with van der Waals surface area (Å²) in [6.45, 7) is 17.9. The summed E-state index contributed by atoms with van der Waals surface area (Å²) in [5.74, 6) is 1.36. The van der Waals surface area contributed by atoms with Crippen LogP contribution in [0.3, 0.4) is 0 Å². The lowest BCUT2D eigenvalue weighted by atomic mass is 9.57. The van der Waals surface area contributed by atoms with Crippen molar-refractivity contribution >= 4 is 52.4 Å². The number of aromatic nitrogens is 6. The Hall–Kier alpha value is -7.08. The molecule has 78 heavy (non-hydrogen) atoms. The summed E-state index contributed by atoms with van der Waals surface area (Å²) in [5.41, 5.74) is 2.18. The zero-order valence-corrected chi connectivity index (χ0v) is 46.9. The molecule has 5 N–H and O–H groups in total. The molecule has 2 aliphatic heterocycles. The number of pyridine rings is 2. The van der Waals surface area contributed by atoms with Crippen LogP contribution < -0.4 is 47.2 Å². The van der Waals surface area contributed by atoms with Crippen molar-refractivity contribution in [2.75, 3.05) is 30.5 Å². The van der Waals surface area contributed by atoms with Crippen molar-refractivity contribution in [1.82, 2.24) is 45.5 Å². The maximum atomic E-state index is 13.0. The van der Waals surface area contributed by atoms with Crippen LogP contribution >= 0.6 is 23.2 Å². The fourth-order valence-corrected chi connectivity index (χ4v) is 11.5. The fraction of sp³-hybridized carbons (Fsp3) is 0.500. The third-order valence-corrected chi connectivity index (χ3v) is 16.8. The number of fused-ring (bicyclic) bond motifs is 2. The van der Waals surface area contributed by atoms with Gasteiger partial charge in [-0.25, -0.2) is 14.2 Å². The standard InChI is InChI=1S/C33H42ClN5O5.C23H28ClN7O3/c1-6-25-22(3)26(16-21(2)33(25,4)5)38-27-18-37-39(31(41)30(27)34)20-29(40)36-17-24-12-13-35-19-28(24)43-14-15-44-32(42)23-10-8-7-9-11-23;1-13-15(8-18-23(2,3)21(13)30-18)29-16-10-28-31(22(33)20(16)24)12-19(32)27-9-14-4-6-26-11-17(14)34-7-5-25/h7-13,18-19,21-22,25-26,38H,6,14-17,20H2,1-5H3,(H,36,40);4,6,10-11,13,15,18,21,29-30H,7-9,12H2,1-3H3,(H,27,32)/t21-,22?,25+,26+;13?,15-,18+,21-/m01/s1. The molecular weight excluding hydrogens is 1040 g/mol. The van der Waals surface area contributed by atoms with Gasteiger partial charge in [-0.05, 0) is 71.6 Å². The van der Waals surface area contributed by atoms with E-state index in [2.05, 4.69) is 102 Å². The minimum Gasteiger partial charge on any atom is -0.488 e. The number of piperidine rings is 1. The number of nitrogens with one attached hydrogen (secondary N) is 5. The highest BCUT2D eigenvalue weighted by molar-refractivity contribution is 6.33. The Morgan fingerprint density at radius 2 is 1.28 bits per heavy atom. The molecule has 5 aromatic rings. The third-order valence-electron chi connectivity index (χ3n) is 16.1. The van der Waals surface area contributed by atoms with Gasteiger partial charge in [0.2, 0.25) is 11.8 Å². The van der Waals surface area contributed by atoms with Gasteiger partial charge in [-0.1, -0.05) is 103 Å². The van der Waals surface area contributed by atoms with E-state index in [9.17, 15) is 24.0 Å². The predicted molar refractivity (Wildman–Crippen MR) is 296 cm³/mol. The number of halogens is 2. The first-order valence-electron chi connectivity index (χ1n) is 26.3. The van der Waals surface area contributed by atoms with Crippen molar-refractivity contribution < 1.29 is 28.6 Å². The van der Waals surface area contributed by atoms with Crippen molar-refractivity contribution in [1.29, 1.82) is 5.26 Å². The van der Waals surface area contributed by atoms with E-state index in [4.69, 9.17) is 42.7 Å². The number of carbonyl (C=O) groups is 3. The number of carbonyl (C=O) groups excluding carboxylic acids is 3. The summed E-state index contributed by atoms with van der Waals surface area (Å²) in [7, 11) is 0. The first-order valence-corrected chi connectivity index (χ1v) is 27.0. The summed E-state index contributed by atoms with van der Waals surface area (Å²) in [4.78, 5) is 71.1. The molecule has 6 heterocycles. The SMILES string of the molecule is CC1[C@H]2N[C@@H](C[C@H]1Nc1cnn(CC(=O)NCc3ccncc3OCC#N)c(=O)c1Cl)C2(C)C.CC[C@@H]1C(C)[C@H](Nc2cnn(CC(=O)NCc3ccncc3OCCOC(=O)c3ccccc3)c(=O)c2Cl)C[C@H](C)C1(C)C. The van der Waals surface area contributed by atoms with Gasteiger partial charge in [0, 0.05) is 60.8 Å². The van der Waals surface area contributed by atoms with E-state index in [-0.39, 0.29) is 79.0 Å². The molecule has 22 heteroatoms. The molecule has 8 atom stereocenters. The van der Waals surface area contributed by atoms with E-state index in [0.717, 1.165) is 28.6 Å². The smallest absolute Gasteiger partial charge is 0.338 e. The monoisotopic (exact) mass is 1110 g/mol. The zero-order chi connectivity index (χ0) is 56.3. The van der Waals surface area contributed by atoms with E-state index in [1.807, 2.05) is 12.1 Å². The molecule has 2 aliphatic carbocycles. The topological polar surface area (TPSA) is 258 Å². The number of hydrogen-bond acceptors (Lipinski definition) is 16. The quantitative estimate of drug-likeness (QED) is 0.0386. The van der Waals surface area contributed by atoms with Gasteiger partial charge in [-0.2, -0.15) is 15.5 Å². The number of esters is 1. The molecule has 20 nitrogen and oxygen atoms in total. The highest BCUT2D eigenvalue weighted by Crippen LogP contribution is 2.50. The highest BCUT2D eigenvalue weighted by Gasteiger charge is 2.56. The Labute approximate surface area is 464 Å². The van der Waals surface area contributed by atoms with Crippen LogP contribution in [-0.4, -0.2) is 91.3 Å². The summed E-state index contributed by atoms with van der Waals surface area (Å²) < 4.78 is 18.4. The Balaban J connectivity index is 0.000000233. The molecule has 2 unspecified atom stereocenters. The van der Waals surface area contributed by atoms with E-state index < -0.39 is 28.9 Å². The Bertz CT molecular complexity index is 3080. The minimum absolute atomic E-state index is 0.0165. The second-order valence-electron chi connectivity index (χ2n) is 21.4. The van der Waals surface area contributed by atoms with Gasteiger partial charge < -0.3 is 40.8 Å². The summed E-state index contributed by atoms with van der Waals surface area (Å²) >= 11 is 12.9. The van der Waals surface area contributed by atoms with Crippen molar-refractivity contribution in [3.63, 3.8) is 0 Å². The average molecular weight is 1110 g/mol. The number of nitrogens with zero attached hydrogens (tertiary/aromatic N) is 7. The number of hydrogen-bond donors (Lipinski definition) is 5. The van der Waals surface area contributed by atoms with Gasteiger partial charge in [0.15, 0.2) is 6.61 Å².